The van der Waals surface area contributed by atoms with Gasteiger partial charge in [-0.1, -0.05) is 12.1 Å². The van der Waals surface area contributed by atoms with E-state index in [2.05, 4.69) is 30.9 Å². The number of nitrogens with two attached hydrogens (primary N) is 1. The lowest BCUT2D eigenvalue weighted by molar-refractivity contribution is -0.0777. The number of rotatable bonds is 9. The van der Waals surface area contributed by atoms with Crippen LogP contribution in [0.1, 0.15) is 48.8 Å². The number of H-pyrrole nitrogens is 1. The highest BCUT2D eigenvalue weighted by atomic mass is 79.9. The number of ketones is 1. The molecule has 3 aliphatic rings. The Morgan fingerprint density at radius 1 is 1.06 bits per heavy atom. The largest absolute Gasteiger partial charge is 0.491 e. The number of hydrogen-bond acceptors (Lipinski definition) is 8. The highest BCUT2D eigenvalue weighted by Gasteiger charge is 2.48. The van der Waals surface area contributed by atoms with Gasteiger partial charge in [0, 0.05) is 30.5 Å². The Morgan fingerprint density at radius 3 is 2.54 bits per heavy atom. The predicted octanol–water partition coefficient (Wildman–Crippen LogP) is 7.24. The summed E-state index contributed by atoms with van der Waals surface area (Å²) in [6, 6.07) is 17.3. The normalized spacial score (nSPS) is 17.4. The van der Waals surface area contributed by atoms with Gasteiger partial charge in [0.2, 0.25) is 5.78 Å². The van der Waals surface area contributed by atoms with E-state index < -0.39 is 11.4 Å². The molecule has 1 amide bonds. The molecule has 2 unspecified atom stereocenters. The van der Waals surface area contributed by atoms with Crippen LogP contribution in [-0.2, 0) is 4.74 Å². The van der Waals surface area contributed by atoms with Gasteiger partial charge in [0.25, 0.3) is 0 Å². The Hall–Kier alpha value is -4.88. The zero-order valence-electron chi connectivity index (χ0n) is 28.2. The minimum atomic E-state index is -0.509. The number of hydrogen-bond donors (Lipinski definition) is 2. The summed E-state index contributed by atoms with van der Waals surface area (Å²) in [6.07, 6.45) is 2.22. The molecule has 0 radical (unpaired) electrons. The van der Waals surface area contributed by atoms with Crippen molar-refractivity contribution in [1.82, 2.24) is 24.6 Å². The van der Waals surface area contributed by atoms with Crippen molar-refractivity contribution in [3.05, 3.63) is 94.0 Å². The Balaban J connectivity index is 0.990. The van der Waals surface area contributed by atoms with Crippen molar-refractivity contribution < 1.29 is 28.2 Å². The van der Waals surface area contributed by atoms with Gasteiger partial charge in [0.05, 0.1) is 39.7 Å². The number of anilines is 1. The number of piperazine rings is 1. The molecule has 2 bridgehead atoms. The molecule has 0 aliphatic carbocycles. The van der Waals surface area contributed by atoms with Crippen LogP contribution in [0.5, 0.6) is 17.2 Å². The predicted molar refractivity (Wildman–Crippen MR) is 191 cm³/mol. The van der Waals surface area contributed by atoms with Crippen molar-refractivity contribution in [2.24, 2.45) is 0 Å². The second-order valence-electron chi connectivity index (χ2n) is 13.8. The highest BCUT2D eigenvalue weighted by Crippen LogP contribution is 2.35. The fraction of sp³-hybridized carbons (Fsp3) is 0.324. The van der Waals surface area contributed by atoms with E-state index in [1.165, 1.54) is 16.9 Å². The SMILES string of the molecule is Cc1cc(Oc2ccccc2F)ccc1-n1ncc(C(=O)c2cc3cc(OCCN4CC5CC(C4)N5C(=O)OC(C)(C)C)c(Br)cc3[nH]2)c1N. The maximum atomic E-state index is 14.1. The van der Waals surface area contributed by atoms with Crippen LogP contribution >= 0.6 is 15.9 Å². The molecule has 3 N–H and O–H groups in total. The number of aromatic nitrogens is 3. The van der Waals surface area contributed by atoms with Crippen molar-refractivity contribution in [3.8, 4) is 22.9 Å². The molecular formula is C37H38BrFN6O5. The average molecular weight is 746 g/mol. The van der Waals surface area contributed by atoms with E-state index in [-0.39, 0.29) is 41.1 Å². The lowest BCUT2D eigenvalue weighted by atomic mass is 9.88. The monoisotopic (exact) mass is 744 g/mol. The lowest BCUT2D eigenvalue weighted by Crippen LogP contribution is -2.70. The van der Waals surface area contributed by atoms with Crippen LogP contribution < -0.4 is 15.2 Å². The fourth-order valence-electron chi connectivity index (χ4n) is 6.60. The number of ether oxygens (including phenoxy) is 3. The van der Waals surface area contributed by atoms with Crippen LogP contribution in [0.3, 0.4) is 0 Å². The van der Waals surface area contributed by atoms with Gasteiger partial charge in [-0.25, -0.2) is 13.9 Å². The Kier molecular flexibility index (Phi) is 8.81. The van der Waals surface area contributed by atoms with Crippen molar-refractivity contribution in [2.45, 2.75) is 51.8 Å². The molecule has 11 nitrogen and oxygen atoms in total. The van der Waals surface area contributed by atoms with Crippen LogP contribution in [0, 0.1) is 12.7 Å². The number of nitrogens with one attached hydrogen (secondary N) is 1. The first-order valence-electron chi connectivity index (χ1n) is 16.4. The Labute approximate surface area is 297 Å². The molecular weight excluding hydrogens is 707 g/mol. The minimum absolute atomic E-state index is 0.124. The van der Waals surface area contributed by atoms with Crippen LogP contribution in [0.15, 0.2) is 71.3 Å². The Bertz CT molecular complexity index is 2090. The number of aryl methyl sites for hydroxylation is 1. The summed E-state index contributed by atoms with van der Waals surface area (Å²) in [5.74, 6) is 0.679. The van der Waals surface area contributed by atoms with Gasteiger partial charge in [-0.2, -0.15) is 5.10 Å². The molecule has 8 rings (SSSR count). The summed E-state index contributed by atoms with van der Waals surface area (Å²) in [5, 5.41) is 5.22. The number of carbonyl (C=O) groups excluding carboxylic acids is 2. The van der Waals surface area contributed by atoms with Crippen LogP contribution in [0.25, 0.3) is 16.6 Å². The summed E-state index contributed by atoms with van der Waals surface area (Å²) in [6.45, 7) is 10.3. The summed E-state index contributed by atoms with van der Waals surface area (Å²) >= 11 is 3.61. The van der Waals surface area contributed by atoms with E-state index in [9.17, 15) is 14.0 Å². The van der Waals surface area contributed by atoms with Crippen molar-refractivity contribution in [3.63, 3.8) is 0 Å². The highest BCUT2D eigenvalue weighted by molar-refractivity contribution is 9.10. The number of nitrogens with zero attached hydrogens (tertiary/aromatic N) is 4. The molecule has 3 saturated heterocycles. The number of para-hydroxylation sites is 1. The molecule has 50 heavy (non-hydrogen) atoms. The number of benzene rings is 3. The molecule has 0 saturated carbocycles. The molecule has 3 aromatic carbocycles. The van der Waals surface area contributed by atoms with Gasteiger partial charge >= 0.3 is 6.09 Å². The molecule has 3 aliphatic heterocycles. The number of nitrogen functional groups attached to an aromatic ring is 1. The zero-order chi connectivity index (χ0) is 35.3. The molecule has 13 heteroatoms. The quantitative estimate of drug-likeness (QED) is 0.151. The first-order valence-corrected chi connectivity index (χ1v) is 17.2. The van der Waals surface area contributed by atoms with E-state index >= 15 is 0 Å². The first-order chi connectivity index (χ1) is 23.8. The summed E-state index contributed by atoms with van der Waals surface area (Å²) < 4.78 is 33.8. The molecule has 5 aromatic rings. The molecule has 3 fully saturated rings. The van der Waals surface area contributed by atoms with Gasteiger partial charge in [-0.05, 0) is 104 Å². The van der Waals surface area contributed by atoms with E-state index in [0.29, 0.717) is 29.5 Å². The van der Waals surface area contributed by atoms with Gasteiger partial charge in [-0.3, -0.25) is 14.6 Å². The number of halogens is 2. The molecule has 2 aromatic heterocycles. The number of amides is 1. The number of carbonyl (C=O) groups is 2. The first kappa shape index (κ1) is 33.6. The second kappa shape index (κ2) is 13.1. The van der Waals surface area contributed by atoms with Crippen molar-refractivity contribution >= 4 is 44.5 Å². The number of piperidine rings is 1. The van der Waals surface area contributed by atoms with Crippen LogP contribution in [0.2, 0.25) is 0 Å². The average Bonchev–Trinajstić information content (AvgIpc) is 3.64. The van der Waals surface area contributed by atoms with Crippen LogP contribution in [0.4, 0.5) is 15.0 Å². The third-order valence-electron chi connectivity index (χ3n) is 8.97. The van der Waals surface area contributed by atoms with E-state index in [1.54, 1.807) is 42.5 Å². The Morgan fingerprint density at radius 2 is 1.82 bits per heavy atom. The summed E-state index contributed by atoms with van der Waals surface area (Å²) in [4.78, 5) is 33.6. The molecule has 0 spiro atoms. The van der Waals surface area contributed by atoms with E-state index in [1.807, 2.05) is 44.7 Å². The molecule has 5 heterocycles. The minimum Gasteiger partial charge on any atom is -0.491 e. The van der Waals surface area contributed by atoms with Gasteiger partial charge in [-0.15, -0.1) is 0 Å². The number of fused-ring (bicyclic) bond motifs is 3. The van der Waals surface area contributed by atoms with Crippen molar-refractivity contribution in [2.75, 3.05) is 32.0 Å². The fourth-order valence-corrected chi connectivity index (χ4v) is 7.05. The maximum absolute atomic E-state index is 14.1. The second-order valence-corrected chi connectivity index (χ2v) is 14.6. The standard InChI is InChI=1S/C37H38BrFN6O5/c1-21-13-25(49-32-8-6-5-7-28(32)39)9-10-31(21)45-35(40)26(18-41-45)34(46)30-14-22-15-33(27(38)17-29(22)42-30)48-12-11-43-19-23-16-24(20-43)44(23)36(47)50-37(2,3)4/h5-10,13-15,17-18,23-24,42H,11-12,16,19-20,40H2,1-4H3. The van der Waals surface area contributed by atoms with Crippen LogP contribution in [-0.4, -0.2) is 80.4 Å². The molecule has 2 atom stereocenters. The maximum Gasteiger partial charge on any atom is 0.410 e. The zero-order valence-corrected chi connectivity index (χ0v) is 29.8. The summed E-state index contributed by atoms with van der Waals surface area (Å²) in [5.41, 5.74) is 8.77. The van der Waals surface area contributed by atoms with E-state index in [4.69, 9.17) is 19.9 Å². The van der Waals surface area contributed by atoms with Gasteiger partial charge in [0.1, 0.15) is 29.5 Å². The molecule has 260 valence electrons. The summed E-state index contributed by atoms with van der Waals surface area (Å²) in [7, 11) is 0. The van der Waals surface area contributed by atoms with Crippen molar-refractivity contribution in [1.29, 1.82) is 0 Å². The lowest BCUT2D eigenvalue weighted by Gasteiger charge is -2.55. The third-order valence-corrected chi connectivity index (χ3v) is 9.59. The third kappa shape index (κ3) is 6.67. The van der Waals surface area contributed by atoms with Gasteiger partial charge in [0.15, 0.2) is 11.6 Å². The smallest absolute Gasteiger partial charge is 0.410 e. The van der Waals surface area contributed by atoms with E-state index in [0.717, 1.165) is 47.0 Å². The number of aromatic amines is 1. The van der Waals surface area contributed by atoms with Gasteiger partial charge < -0.3 is 24.9 Å². The topological polar surface area (TPSA) is 128 Å².